The molecule has 6 heteroatoms. The molecule has 1 amide bonds. The van der Waals surface area contributed by atoms with Gasteiger partial charge >= 0.3 is 0 Å². The predicted octanol–water partition coefficient (Wildman–Crippen LogP) is 6.64. The van der Waals surface area contributed by atoms with E-state index < -0.39 is 0 Å². The van der Waals surface area contributed by atoms with Crippen molar-refractivity contribution in [1.29, 1.82) is 0 Å². The van der Waals surface area contributed by atoms with Crippen LogP contribution in [0.4, 0.5) is 0 Å². The maximum atomic E-state index is 14.1. The van der Waals surface area contributed by atoms with Crippen molar-refractivity contribution in [3.63, 3.8) is 0 Å². The number of aliphatic hydroxyl groups is 1. The van der Waals surface area contributed by atoms with Crippen LogP contribution in [-0.4, -0.2) is 71.8 Å². The van der Waals surface area contributed by atoms with Crippen LogP contribution in [0.25, 0.3) is 0 Å². The largest absolute Gasteiger partial charge is 0.493 e. The molecular weight excluding hydrogens is 536 g/mol. The average molecular weight is 593 g/mol. The summed E-state index contributed by atoms with van der Waals surface area (Å²) in [6.45, 7) is 5.19. The summed E-state index contributed by atoms with van der Waals surface area (Å²) in [4.78, 5) is 19.2. The number of methoxy groups -OCH3 is 1. The lowest BCUT2D eigenvalue weighted by Crippen LogP contribution is -2.69. The number of aliphatic hydroxyl groups excluding tert-OH is 1. The first-order valence-electron chi connectivity index (χ1n) is 18.1. The van der Waals surface area contributed by atoms with Crippen LogP contribution in [0.15, 0.2) is 12.1 Å². The summed E-state index contributed by atoms with van der Waals surface area (Å²) in [6, 6.07) is 5.02. The lowest BCUT2D eigenvalue weighted by atomic mass is 9.51. The minimum Gasteiger partial charge on any atom is -0.493 e. The molecule has 0 radical (unpaired) electrons. The second kappa shape index (κ2) is 12.5. The average Bonchev–Trinajstić information content (AvgIpc) is 3.61. The SMILES string of the molecule is CCCCCN(C(=O)CCCCC1CCCCC1)[C@@H]1CC[C@H]2[C@H]3Cc4ccc(OC)c5c4[C@@]2(CCN3CC2CC2O)[C@H]1O5. The Bertz CT molecular complexity index is 1150. The van der Waals surface area contributed by atoms with E-state index in [2.05, 4.69) is 28.9 Å². The number of rotatable bonds is 13. The molecule has 2 unspecified atom stereocenters. The van der Waals surface area contributed by atoms with E-state index in [4.69, 9.17) is 9.47 Å². The fourth-order valence-electron chi connectivity index (χ4n) is 10.4. The molecule has 238 valence electrons. The molecule has 7 atom stereocenters. The third kappa shape index (κ3) is 5.41. The van der Waals surface area contributed by atoms with Gasteiger partial charge in [0.15, 0.2) is 11.5 Å². The highest BCUT2D eigenvalue weighted by molar-refractivity contribution is 5.77. The minimum absolute atomic E-state index is 0.000538. The molecule has 6 aliphatic rings. The first kappa shape index (κ1) is 29.9. The predicted molar refractivity (Wildman–Crippen MR) is 170 cm³/mol. The van der Waals surface area contributed by atoms with Gasteiger partial charge in [-0.1, -0.05) is 70.8 Å². The van der Waals surface area contributed by atoms with Crippen LogP contribution in [-0.2, 0) is 16.6 Å². The van der Waals surface area contributed by atoms with E-state index in [-0.39, 0.29) is 23.7 Å². The van der Waals surface area contributed by atoms with Gasteiger partial charge in [0, 0.05) is 42.4 Å². The molecular formula is C37H56N2O4. The number of ether oxygens (including phenoxy) is 2. The van der Waals surface area contributed by atoms with Crippen LogP contribution in [0.1, 0.15) is 121 Å². The van der Waals surface area contributed by atoms with E-state index in [1.165, 1.54) is 68.9 Å². The first-order valence-corrected chi connectivity index (χ1v) is 18.1. The van der Waals surface area contributed by atoms with Crippen LogP contribution in [0.5, 0.6) is 11.5 Å². The van der Waals surface area contributed by atoms with Gasteiger partial charge in [-0.3, -0.25) is 9.69 Å². The molecule has 2 bridgehead atoms. The van der Waals surface area contributed by atoms with Crippen molar-refractivity contribution in [3.05, 3.63) is 23.3 Å². The summed E-state index contributed by atoms with van der Waals surface area (Å²) < 4.78 is 13.0. The van der Waals surface area contributed by atoms with E-state index in [0.717, 1.165) is 82.0 Å². The Morgan fingerprint density at radius 3 is 2.72 bits per heavy atom. The number of hydrogen-bond acceptors (Lipinski definition) is 5. The van der Waals surface area contributed by atoms with Crippen molar-refractivity contribution in [2.75, 3.05) is 26.7 Å². The van der Waals surface area contributed by atoms with Gasteiger partial charge in [0.1, 0.15) is 6.10 Å². The van der Waals surface area contributed by atoms with Crippen molar-refractivity contribution in [2.45, 2.75) is 146 Å². The summed E-state index contributed by atoms with van der Waals surface area (Å²) >= 11 is 0. The number of amides is 1. The second-order valence-corrected chi connectivity index (χ2v) is 15.1. The standard InChI is InChI=1S/C37H56N2O4/c1-3-4-10-20-39(33(41)14-9-8-13-25-11-6-5-7-12-25)29-17-16-28-30-22-26-15-18-32(42-2)35-34(26)37(28,36(29)43-35)19-21-38(30)24-27-23-31(27)40/h15,18,25,27-31,36,40H,3-14,16-17,19-24H2,1-2H3/t27?,28-,29+,30+,31?,36-,37-/m0/s1. The molecule has 2 heterocycles. The van der Waals surface area contributed by atoms with Crippen molar-refractivity contribution in [3.8, 4) is 11.5 Å². The van der Waals surface area contributed by atoms with E-state index in [9.17, 15) is 9.90 Å². The molecule has 1 aromatic carbocycles. The number of unbranched alkanes of at least 4 members (excludes halogenated alkanes) is 3. The zero-order valence-electron chi connectivity index (χ0n) is 26.9. The molecule has 7 rings (SSSR count). The molecule has 3 saturated carbocycles. The van der Waals surface area contributed by atoms with E-state index in [1.54, 1.807) is 7.11 Å². The normalized spacial score (nSPS) is 34.4. The Balaban J connectivity index is 1.14. The fourth-order valence-corrected chi connectivity index (χ4v) is 10.4. The Labute approximate surface area is 259 Å². The summed E-state index contributed by atoms with van der Waals surface area (Å²) in [7, 11) is 1.76. The van der Waals surface area contributed by atoms with Gasteiger partial charge in [0.05, 0.1) is 19.3 Å². The number of carbonyl (C=O) groups excluding carboxylic acids is 1. The summed E-state index contributed by atoms with van der Waals surface area (Å²) in [6.07, 6.45) is 19.8. The molecule has 1 aromatic rings. The van der Waals surface area contributed by atoms with Crippen molar-refractivity contribution in [1.82, 2.24) is 9.80 Å². The highest BCUT2D eigenvalue weighted by atomic mass is 16.5. The lowest BCUT2D eigenvalue weighted by Gasteiger charge is -2.60. The van der Waals surface area contributed by atoms with Crippen molar-refractivity contribution in [2.24, 2.45) is 17.8 Å². The van der Waals surface area contributed by atoms with Crippen molar-refractivity contribution < 1.29 is 19.4 Å². The Morgan fingerprint density at radius 2 is 1.95 bits per heavy atom. The van der Waals surface area contributed by atoms with Gasteiger partial charge in [-0.05, 0) is 75.0 Å². The maximum Gasteiger partial charge on any atom is 0.222 e. The van der Waals surface area contributed by atoms with Gasteiger partial charge in [-0.15, -0.1) is 0 Å². The number of hydrogen-bond donors (Lipinski definition) is 1. The highest BCUT2D eigenvalue weighted by Crippen LogP contribution is 2.64. The maximum absolute atomic E-state index is 14.1. The molecule has 0 aromatic heterocycles. The molecule has 6 nitrogen and oxygen atoms in total. The van der Waals surface area contributed by atoms with Gasteiger partial charge in [-0.2, -0.15) is 0 Å². The number of likely N-dealkylation sites (tertiary alicyclic amines) is 1. The van der Waals surface area contributed by atoms with Gasteiger partial charge in [0.2, 0.25) is 5.91 Å². The Kier molecular flexibility index (Phi) is 8.72. The molecule has 4 aliphatic carbocycles. The minimum atomic E-state index is -0.105. The highest BCUT2D eigenvalue weighted by Gasteiger charge is 2.67. The van der Waals surface area contributed by atoms with Crippen LogP contribution < -0.4 is 9.47 Å². The van der Waals surface area contributed by atoms with Gasteiger partial charge in [-0.25, -0.2) is 0 Å². The second-order valence-electron chi connectivity index (χ2n) is 15.1. The number of benzene rings is 1. The molecule has 2 aliphatic heterocycles. The fraction of sp³-hybridized carbons (Fsp3) is 0.811. The van der Waals surface area contributed by atoms with Gasteiger partial charge in [0.25, 0.3) is 0 Å². The van der Waals surface area contributed by atoms with Crippen LogP contribution >= 0.6 is 0 Å². The molecule has 1 saturated heterocycles. The summed E-state index contributed by atoms with van der Waals surface area (Å²) in [5.74, 6) is 4.05. The number of nitrogens with zero attached hydrogens (tertiary/aromatic N) is 2. The van der Waals surface area contributed by atoms with Gasteiger partial charge < -0.3 is 19.5 Å². The molecule has 1 spiro atoms. The third-order valence-corrected chi connectivity index (χ3v) is 12.7. The molecule has 4 fully saturated rings. The number of piperidine rings is 1. The van der Waals surface area contributed by atoms with E-state index in [1.807, 2.05) is 0 Å². The van der Waals surface area contributed by atoms with Crippen LogP contribution in [0.3, 0.4) is 0 Å². The van der Waals surface area contributed by atoms with Crippen LogP contribution in [0, 0.1) is 17.8 Å². The quantitative estimate of drug-likeness (QED) is 0.260. The monoisotopic (exact) mass is 592 g/mol. The molecule has 1 N–H and O–H groups in total. The smallest absolute Gasteiger partial charge is 0.222 e. The van der Waals surface area contributed by atoms with Crippen LogP contribution in [0.2, 0.25) is 0 Å². The lowest BCUT2D eigenvalue weighted by molar-refractivity contribution is -0.143. The molecule has 43 heavy (non-hydrogen) atoms. The zero-order valence-corrected chi connectivity index (χ0v) is 26.9. The summed E-state index contributed by atoms with van der Waals surface area (Å²) in [5, 5.41) is 10.2. The topological polar surface area (TPSA) is 62.2 Å². The van der Waals surface area contributed by atoms with E-state index >= 15 is 0 Å². The Hall–Kier alpha value is -1.79. The van der Waals surface area contributed by atoms with E-state index in [0.29, 0.717) is 30.2 Å². The third-order valence-electron chi connectivity index (χ3n) is 12.7. The summed E-state index contributed by atoms with van der Waals surface area (Å²) in [5.41, 5.74) is 2.80. The number of carbonyl (C=O) groups is 1. The first-order chi connectivity index (χ1) is 21.0. The zero-order chi connectivity index (χ0) is 29.6. The Morgan fingerprint density at radius 1 is 1.12 bits per heavy atom. The van der Waals surface area contributed by atoms with Crippen molar-refractivity contribution >= 4 is 5.91 Å².